The highest BCUT2D eigenvalue weighted by atomic mass is 127. The minimum atomic E-state index is -3.77. The van der Waals surface area contributed by atoms with Crippen molar-refractivity contribution in [1.29, 1.82) is 0 Å². The summed E-state index contributed by atoms with van der Waals surface area (Å²) in [5.74, 6) is -4.53. The van der Waals surface area contributed by atoms with Crippen molar-refractivity contribution in [3.05, 3.63) is 191 Å². The molecule has 0 radical (unpaired) electrons. The van der Waals surface area contributed by atoms with E-state index in [1.54, 1.807) is 12.1 Å². The Balaban J connectivity index is 0.000000511. The molecule has 0 amide bonds. The van der Waals surface area contributed by atoms with Gasteiger partial charge in [0.25, 0.3) is 0 Å². The number of phenols is 1. The first-order chi connectivity index (χ1) is 39.3. The molecular weight excluding hydrogens is 2310 g/mol. The topological polar surface area (TPSA) is 182 Å². The van der Waals surface area contributed by atoms with Gasteiger partial charge >= 0.3 is 20.2 Å². The number of anilines is 1. The van der Waals surface area contributed by atoms with Gasteiger partial charge in [-0.25, -0.2) is 31.2 Å². The summed E-state index contributed by atoms with van der Waals surface area (Å²) in [6.45, 7) is 18.0. The lowest BCUT2D eigenvalue weighted by atomic mass is 10.2. The Bertz CT molecular complexity index is 3650. The number of ether oxygens (including phenoxy) is 3. The molecule has 36 heteroatoms. The highest BCUT2D eigenvalue weighted by Crippen LogP contribution is 2.42. The van der Waals surface area contributed by atoms with Crippen LogP contribution in [0.1, 0.15) is 10.4 Å². The Hall–Kier alpha value is -0.270. The number of aldehydes is 1. The first kappa shape index (κ1) is 82.7. The maximum atomic E-state index is 13.6. The van der Waals surface area contributed by atoms with Crippen molar-refractivity contribution in [1.82, 2.24) is 0 Å². The predicted molar refractivity (Wildman–Crippen MR) is 385 cm³/mol. The zero-order chi connectivity index (χ0) is 65.8. The monoisotopic (exact) mass is 2330 g/mol. The fourth-order valence-corrected chi connectivity index (χ4v) is 13.8. The molecule has 462 valence electrons. The summed E-state index contributed by atoms with van der Waals surface area (Å²) in [6, 6.07) is 8.18. The standard InChI is InChI=1S/C10H6Br2FNO.C10H7Br2FO2.C9H6Br2FIO.C7H4Br2FIO3S.C7H6Br2FNO3S.C6H2Br2FIO/c1-3-4-15-7-5-6(11)10(14-2)8(12)9(7)13;1-2-3-15-8-4-7(11)6(5-14)9(12)10(8)13;1-2-3-14-6-4-5(10)9(13)7(11)8(6)12;2*1-15(12,13)14-4-2-3(8)7(11)5(9)6(4)10;7-2-1-3(11)5(9)4(8)6(2)10/h3,5H,1,4H2;2,4-5H,1,3H2;2,4H,1,3H2;2H,1H3;2H,11H2,1H3;1,11H. The van der Waals surface area contributed by atoms with Gasteiger partial charge in [-0.15, -0.1) is 0 Å². The average molecular weight is 2340 g/mol. The van der Waals surface area contributed by atoms with Crippen molar-refractivity contribution in [3.8, 4) is 34.5 Å². The van der Waals surface area contributed by atoms with Gasteiger partial charge in [-0.05, 0) is 251 Å². The molecule has 13 nitrogen and oxygen atoms in total. The Kier molecular flexibility index (Phi) is 38.3. The number of carbonyl (C=O) groups is 1. The number of rotatable bonds is 14. The molecule has 0 saturated heterocycles. The van der Waals surface area contributed by atoms with Crippen LogP contribution < -0.4 is 28.3 Å². The number of nitrogen functional groups attached to an aromatic ring is 1. The molecule has 0 fully saturated rings. The van der Waals surface area contributed by atoms with Crippen LogP contribution in [-0.2, 0) is 20.2 Å². The quantitative estimate of drug-likeness (QED) is 0.0121. The van der Waals surface area contributed by atoms with Crippen LogP contribution in [0.15, 0.2) is 128 Å². The fourth-order valence-electron chi connectivity index (χ4n) is 4.82. The maximum absolute atomic E-state index is 13.6. The second kappa shape index (κ2) is 39.3. The number of nitrogens with zero attached hydrogens (tertiary/aromatic N) is 1. The fraction of sp³-hybridized carbons (Fsp3) is 0.102. The van der Waals surface area contributed by atoms with Crippen molar-refractivity contribution in [3.63, 3.8) is 0 Å². The van der Waals surface area contributed by atoms with E-state index in [1.807, 2.05) is 67.8 Å². The Morgan fingerprint density at radius 3 is 1.19 bits per heavy atom. The van der Waals surface area contributed by atoms with Gasteiger partial charge in [-0.1, -0.05) is 69.8 Å². The van der Waals surface area contributed by atoms with Crippen LogP contribution in [-0.4, -0.2) is 60.6 Å². The third kappa shape index (κ3) is 26.3. The second-order valence-electron chi connectivity index (χ2n) is 14.6. The van der Waals surface area contributed by atoms with Gasteiger partial charge in [-0.2, -0.15) is 16.8 Å². The molecule has 0 bridgehead atoms. The number of benzene rings is 6. The molecule has 0 aliphatic heterocycles. The molecule has 0 atom stereocenters. The number of halogens is 21. The Morgan fingerprint density at radius 2 is 0.812 bits per heavy atom. The predicted octanol–water partition coefficient (Wildman–Crippen LogP) is 21.9. The molecule has 0 aliphatic carbocycles. The van der Waals surface area contributed by atoms with E-state index in [9.17, 15) is 48.0 Å². The van der Waals surface area contributed by atoms with Crippen LogP contribution in [0.5, 0.6) is 34.5 Å². The van der Waals surface area contributed by atoms with Crippen molar-refractivity contribution in [2.45, 2.75) is 0 Å². The van der Waals surface area contributed by atoms with Crippen molar-refractivity contribution >= 4 is 297 Å². The zero-order valence-electron chi connectivity index (χ0n) is 41.8. The third-order valence-corrected chi connectivity index (χ3v) is 25.5. The lowest BCUT2D eigenvalue weighted by Crippen LogP contribution is -2.08. The van der Waals surface area contributed by atoms with Crippen LogP contribution in [0.4, 0.5) is 37.7 Å². The average Bonchev–Trinajstić information content (AvgIpc) is 3.43. The Labute approximate surface area is 626 Å². The minimum absolute atomic E-state index is 0.0458. The normalized spacial score (nSPS) is 10.4. The summed E-state index contributed by atoms with van der Waals surface area (Å²) >= 11 is 43.0. The van der Waals surface area contributed by atoms with Gasteiger partial charge in [0.05, 0.1) is 51.6 Å². The molecule has 6 aromatic carbocycles. The van der Waals surface area contributed by atoms with Crippen LogP contribution in [0.2, 0.25) is 0 Å². The first-order valence-corrected chi connectivity index (χ1v) is 37.5. The Morgan fingerprint density at radius 1 is 0.506 bits per heavy atom. The van der Waals surface area contributed by atoms with Gasteiger partial charge in [0.15, 0.2) is 75.7 Å². The van der Waals surface area contributed by atoms with Gasteiger partial charge in [0, 0.05) is 55.2 Å². The molecule has 0 unspecified atom stereocenters. The lowest BCUT2D eigenvalue weighted by molar-refractivity contribution is 0.112. The molecule has 3 N–H and O–H groups in total. The smallest absolute Gasteiger partial charge is 0.306 e. The van der Waals surface area contributed by atoms with Crippen LogP contribution in [0.25, 0.3) is 4.85 Å². The number of hydrogen-bond donors (Lipinski definition) is 2. The highest BCUT2D eigenvalue weighted by molar-refractivity contribution is 14.1. The van der Waals surface area contributed by atoms with E-state index in [4.69, 9.17) is 31.6 Å². The van der Waals surface area contributed by atoms with E-state index in [1.165, 1.54) is 36.4 Å². The third-order valence-electron chi connectivity index (χ3n) is 8.43. The molecule has 0 aliphatic rings. The van der Waals surface area contributed by atoms with Crippen molar-refractivity contribution < 1.29 is 75.7 Å². The van der Waals surface area contributed by atoms with Crippen molar-refractivity contribution in [2.24, 2.45) is 0 Å². The van der Waals surface area contributed by atoms with Gasteiger partial charge in [0.1, 0.15) is 19.8 Å². The van der Waals surface area contributed by atoms with E-state index >= 15 is 0 Å². The maximum Gasteiger partial charge on any atom is 0.306 e. The molecule has 0 spiro atoms. The summed E-state index contributed by atoms with van der Waals surface area (Å²) in [7, 11) is -7.50. The molecular formula is C49H31Br12F6I3N2O11S2. The number of hydrogen-bond acceptors (Lipinski definition) is 12. The first-order valence-electron chi connectivity index (χ1n) is 21.1. The number of carbonyl (C=O) groups excluding carboxylic acids is 1. The summed E-state index contributed by atoms with van der Waals surface area (Å²) in [6.07, 6.45) is 6.84. The lowest BCUT2D eigenvalue weighted by Gasteiger charge is -2.09. The molecule has 85 heavy (non-hydrogen) atoms. The second-order valence-corrected chi connectivity index (χ2v) is 30.9. The summed E-state index contributed by atoms with van der Waals surface area (Å²) in [4.78, 5) is 13.8. The molecule has 0 heterocycles. The van der Waals surface area contributed by atoms with E-state index in [0.29, 0.717) is 40.3 Å². The number of nitrogens with two attached hydrogens (primary N) is 1. The molecule has 0 saturated carbocycles. The summed E-state index contributed by atoms with van der Waals surface area (Å²) in [5.41, 5.74) is 6.02. The van der Waals surface area contributed by atoms with Gasteiger partial charge in [-0.3, -0.25) is 4.79 Å². The van der Waals surface area contributed by atoms with Crippen molar-refractivity contribution in [2.75, 3.05) is 38.1 Å². The van der Waals surface area contributed by atoms with Gasteiger partial charge < -0.3 is 33.4 Å². The highest BCUT2D eigenvalue weighted by Gasteiger charge is 2.21. The van der Waals surface area contributed by atoms with Crippen LogP contribution >= 0.6 is 259 Å². The number of aromatic hydroxyl groups is 1. The van der Waals surface area contributed by atoms with E-state index in [0.717, 1.165) is 26.6 Å². The molecule has 6 aromatic rings. The zero-order valence-corrected chi connectivity index (χ0v) is 69.0. The van der Waals surface area contributed by atoms with E-state index < -0.39 is 55.1 Å². The molecule has 0 aromatic heterocycles. The minimum Gasteiger partial charge on any atom is -0.505 e. The largest absolute Gasteiger partial charge is 0.505 e. The summed E-state index contributed by atoms with van der Waals surface area (Å²) in [5, 5.41) is 8.97. The van der Waals surface area contributed by atoms with Gasteiger partial charge in [0.2, 0.25) is 5.69 Å². The SMILES string of the molecule is C=CCOc1cc(Br)c(C=O)c(Br)c1F.C=CCOc1cc(Br)c(I)c(Br)c1F.CS(=O)(=O)Oc1cc(Br)c(I)c(Br)c1F.CS(=O)(=O)Oc1cc(Br)c(N)c(Br)c1F.Oc1cc(Br)c(I)c(Br)c1F.[C-]#[N+]c1c(Br)cc(OCC=C)c(F)c1Br. The van der Waals surface area contributed by atoms with Crippen LogP contribution in [0, 0.1) is 52.2 Å². The van der Waals surface area contributed by atoms with Crippen LogP contribution in [0.3, 0.4) is 0 Å². The molecule has 6 rings (SSSR count). The summed E-state index contributed by atoms with van der Waals surface area (Å²) < 4.78 is 154. The van der Waals surface area contributed by atoms with E-state index in [2.05, 4.69) is 224 Å². The van der Waals surface area contributed by atoms with E-state index in [-0.39, 0.29) is 93.7 Å². The number of phenolic OH excluding ortho intramolecular Hbond substituents is 1.